The van der Waals surface area contributed by atoms with E-state index in [2.05, 4.69) is 42.8 Å². The van der Waals surface area contributed by atoms with Gasteiger partial charge in [-0.2, -0.15) is 0 Å². The van der Waals surface area contributed by atoms with E-state index in [1.54, 1.807) is 0 Å². The molecule has 0 aromatic rings. The first-order chi connectivity index (χ1) is 8.98. The van der Waals surface area contributed by atoms with Gasteiger partial charge < -0.3 is 15.5 Å². The first-order valence-corrected chi connectivity index (χ1v) is 7.80. The summed E-state index contributed by atoms with van der Waals surface area (Å²) in [5.74, 6) is 0. The van der Waals surface area contributed by atoms with Gasteiger partial charge in [0.25, 0.3) is 0 Å². The van der Waals surface area contributed by atoms with Crippen molar-refractivity contribution >= 4 is 0 Å². The van der Waals surface area contributed by atoms with E-state index in [-0.39, 0.29) is 5.54 Å². The van der Waals surface area contributed by atoms with E-state index >= 15 is 0 Å². The lowest BCUT2D eigenvalue weighted by molar-refractivity contribution is -0.0163. The number of nitrogens with zero attached hydrogens (tertiary/aromatic N) is 3. The third-order valence-electron chi connectivity index (χ3n) is 5.63. The summed E-state index contributed by atoms with van der Waals surface area (Å²) in [6.45, 7) is 6.75. The van der Waals surface area contributed by atoms with E-state index in [4.69, 9.17) is 5.73 Å². The van der Waals surface area contributed by atoms with Crippen LogP contribution >= 0.6 is 0 Å². The van der Waals surface area contributed by atoms with Crippen LogP contribution in [0.15, 0.2) is 0 Å². The summed E-state index contributed by atoms with van der Waals surface area (Å²) in [5.41, 5.74) is 6.43. The van der Waals surface area contributed by atoms with Crippen molar-refractivity contribution in [3.05, 3.63) is 0 Å². The molecule has 0 saturated carbocycles. The summed E-state index contributed by atoms with van der Waals surface area (Å²) in [6, 6.07) is 1.32. The van der Waals surface area contributed by atoms with Gasteiger partial charge in [-0.15, -0.1) is 0 Å². The molecular weight excluding hydrogens is 236 g/mol. The second-order valence-corrected chi connectivity index (χ2v) is 6.88. The van der Waals surface area contributed by atoms with Gasteiger partial charge in [0.1, 0.15) is 0 Å². The van der Waals surface area contributed by atoms with Gasteiger partial charge in [0.15, 0.2) is 0 Å². The van der Waals surface area contributed by atoms with Crippen LogP contribution < -0.4 is 5.73 Å². The Morgan fingerprint density at radius 2 is 2.05 bits per heavy atom. The molecule has 4 heteroatoms. The van der Waals surface area contributed by atoms with Crippen molar-refractivity contribution in [1.82, 2.24) is 14.7 Å². The first kappa shape index (κ1) is 15.2. The smallest absolute Gasteiger partial charge is 0.0359 e. The predicted octanol–water partition coefficient (Wildman–Crippen LogP) is 0.824. The van der Waals surface area contributed by atoms with Crippen LogP contribution in [0.25, 0.3) is 0 Å². The molecule has 2 rings (SSSR count). The van der Waals surface area contributed by atoms with E-state index in [9.17, 15) is 0 Å². The van der Waals surface area contributed by atoms with Gasteiger partial charge in [-0.1, -0.05) is 0 Å². The van der Waals surface area contributed by atoms with Crippen molar-refractivity contribution in [3.8, 4) is 0 Å². The van der Waals surface area contributed by atoms with Crippen molar-refractivity contribution in [2.24, 2.45) is 5.73 Å². The number of nitrogens with two attached hydrogens (primary N) is 1. The minimum Gasteiger partial charge on any atom is -0.329 e. The van der Waals surface area contributed by atoms with Crippen LogP contribution in [0.3, 0.4) is 0 Å². The second kappa shape index (κ2) is 6.08. The Morgan fingerprint density at radius 3 is 2.63 bits per heavy atom. The largest absolute Gasteiger partial charge is 0.329 e. The second-order valence-electron chi connectivity index (χ2n) is 6.88. The van der Waals surface area contributed by atoms with Gasteiger partial charge in [0, 0.05) is 30.7 Å². The number of piperidine rings is 2. The maximum atomic E-state index is 6.21. The third-order valence-corrected chi connectivity index (χ3v) is 5.63. The van der Waals surface area contributed by atoms with Crippen LogP contribution in [0.1, 0.15) is 32.6 Å². The molecule has 4 nitrogen and oxygen atoms in total. The standard InChI is InChI=1S/C15H32N4/c1-13-10-15(12-16,7-9-18(13)3)19(4)14-6-5-8-17(2)11-14/h13-14H,5-12,16H2,1-4H3. The normalized spacial score (nSPS) is 38.8. The molecule has 0 radical (unpaired) electrons. The summed E-state index contributed by atoms with van der Waals surface area (Å²) in [7, 11) is 6.79. The molecule has 0 aromatic heterocycles. The fraction of sp³-hybridized carbons (Fsp3) is 1.00. The summed E-state index contributed by atoms with van der Waals surface area (Å²) in [4.78, 5) is 7.56. The van der Waals surface area contributed by atoms with E-state index in [0.29, 0.717) is 12.1 Å². The summed E-state index contributed by atoms with van der Waals surface area (Å²) in [6.07, 6.45) is 5.06. The molecule has 0 amide bonds. The highest BCUT2D eigenvalue weighted by Gasteiger charge is 2.42. The molecule has 0 bridgehead atoms. The van der Waals surface area contributed by atoms with Gasteiger partial charge in [-0.05, 0) is 66.8 Å². The molecule has 2 N–H and O–H groups in total. The Labute approximate surface area is 118 Å². The molecule has 2 aliphatic heterocycles. The average molecular weight is 268 g/mol. The lowest BCUT2D eigenvalue weighted by atomic mass is 9.81. The molecule has 3 unspecified atom stereocenters. The molecular formula is C15H32N4. The van der Waals surface area contributed by atoms with Crippen molar-refractivity contribution < 1.29 is 0 Å². The van der Waals surface area contributed by atoms with Crippen LogP contribution in [-0.4, -0.2) is 79.6 Å². The zero-order valence-electron chi connectivity index (χ0n) is 13.2. The predicted molar refractivity (Wildman–Crippen MR) is 81.4 cm³/mol. The van der Waals surface area contributed by atoms with E-state index in [1.165, 1.54) is 45.3 Å². The van der Waals surface area contributed by atoms with Gasteiger partial charge in [0.05, 0.1) is 0 Å². The molecule has 2 fully saturated rings. The SMILES string of the molecule is CC1CC(CN)(N(C)C2CCCN(C)C2)CCN1C. The number of hydrogen-bond acceptors (Lipinski definition) is 4. The average Bonchev–Trinajstić information content (AvgIpc) is 2.41. The number of hydrogen-bond donors (Lipinski definition) is 1. The van der Waals surface area contributed by atoms with Crippen molar-refractivity contribution in [1.29, 1.82) is 0 Å². The van der Waals surface area contributed by atoms with Crippen LogP contribution in [0.5, 0.6) is 0 Å². The van der Waals surface area contributed by atoms with Crippen molar-refractivity contribution in [2.75, 3.05) is 47.3 Å². The monoisotopic (exact) mass is 268 g/mol. The quantitative estimate of drug-likeness (QED) is 0.822. The summed E-state index contributed by atoms with van der Waals surface area (Å²) < 4.78 is 0. The number of likely N-dealkylation sites (tertiary alicyclic amines) is 2. The highest BCUT2D eigenvalue weighted by Crippen LogP contribution is 2.33. The lowest BCUT2D eigenvalue weighted by Gasteiger charge is -2.52. The minimum absolute atomic E-state index is 0.217. The van der Waals surface area contributed by atoms with Gasteiger partial charge in [-0.25, -0.2) is 0 Å². The Kier molecular flexibility index (Phi) is 4.88. The molecule has 2 saturated heterocycles. The maximum Gasteiger partial charge on any atom is 0.0359 e. The van der Waals surface area contributed by atoms with Gasteiger partial charge in [-0.3, -0.25) is 4.90 Å². The number of likely N-dealkylation sites (N-methyl/N-ethyl adjacent to an activating group) is 2. The topological polar surface area (TPSA) is 35.7 Å². The molecule has 2 heterocycles. The lowest BCUT2D eigenvalue weighted by Crippen LogP contribution is -2.64. The fourth-order valence-corrected chi connectivity index (χ4v) is 3.90. The number of rotatable bonds is 3. The van der Waals surface area contributed by atoms with Gasteiger partial charge in [0.2, 0.25) is 0 Å². The van der Waals surface area contributed by atoms with E-state index < -0.39 is 0 Å². The maximum absolute atomic E-state index is 6.21. The molecule has 0 aromatic carbocycles. The zero-order valence-corrected chi connectivity index (χ0v) is 13.2. The van der Waals surface area contributed by atoms with Crippen LogP contribution in [0, 0.1) is 0 Å². The summed E-state index contributed by atoms with van der Waals surface area (Å²) in [5, 5.41) is 0. The Bertz CT molecular complexity index is 296. The highest BCUT2D eigenvalue weighted by molar-refractivity contribution is 5.00. The first-order valence-electron chi connectivity index (χ1n) is 7.80. The summed E-state index contributed by atoms with van der Waals surface area (Å²) >= 11 is 0. The molecule has 0 spiro atoms. The van der Waals surface area contributed by atoms with E-state index in [1.807, 2.05) is 0 Å². The Morgan fingerprint density at radius 1 is 1.32 bits per heavy atom. The minimum atomic E-state index is 0.217. The molecule has 3 atom stereocenters. The fourth-order valence-electron chi connectivity index (χ4n) is 3.90. The van der Waals surface area contributed by atoms with E-state index in [0.717, 1.165) is 6.54 Å². The Hall–Kier alpha value is -0.160. The molecule has 0 aliphatic carbocycles. The van der Waals surface area contributed by atoms with Crippen LogP contribution in [0.2, 0.25) is 0 Å². The Balaban J connectivity index is 2.07. The van der Waals surface area contributed by atoms with Crippen LogP contribution in [-0.2, 0) is 0 Å². The molecule has 2 aliphatic rings. The van der Waals surface area contributed by atoms with Crippen LogP contribution in [0.4, 0.5) is 0 Å². The van der Waals surface area contributed by atoms with Crippen molar-refractivity contribution in [2.45, 2.75) is 50.2 Å². The third kappa shape index (κ3) is 3.13. The highest BCUT2D eigenvalue weighted by atomic mass is 15.3. The molecule has 19 heavy (non-hydrogen) atoms. The molecule has 112 valence electrons. The van der Waals surface area contributed by atoms with Gasteiger partial charge >= 0.3 is 0 Å². The zero-order chi connectivity index (χ0) is 14.0. The van der Waals surface area contributed by atoms with Crippen molar-refractivity contribution in [3.63, 3.8) is 0 Å².